The van der Waals surface area contributed by atoms with Crippen molar-refractivity contribution in [3.63, 3.8) is 0 Å². The van der Waals surface area contributed by atoms with E-state index < -0.39 is 10.8 Å². The standard InChI is InChI=1S/C13H20N4OS/c1-9-11(14-2)15-12(10-3-4-10)16-13(9)17-5-7-19(18)8-6-17/h10H,3-8H2,1-2H3,(H,14,15,16). The first kappa shape index (κ1) is 12.8. The van der Waals surface area contributed by atoms with Crippen molar-refractivity contribution in [2.75, 3.05) is 41.9 Å². The van der Waals surface area contributed by atoms with Gasteiger partial charge in [0.1, 0.15) is 17.5 Å². The van der Waals surface area contributed by atoms with E-state index in [2.05, 4.69) is 22.1 Å². The zero-order chi connectivity index (χ0) is 13.4. The lowest BCUT2D eigenvalue weighted by Gasteiger charge is -2.29. The number of nitrogens with zero attached hydrogens (tertiary/aromatic N) is 3. The molecule has 0 radical (unpaired) electrons. The number of nitrogens with one attached hydrogen (secondary N) is 1. The molecule has 1 N–H and O–H groups in total. The second-order valence-electron chi connectivity index (χ2n) is 5.24. The first-order chi connectivity index (χ1) is 9.19. The van der Waals surface area contributed by atoms with E-state index in [-0.39, 0.29) is 0 Å². The van der Waals surface area contributed by atoms with E-state index in [9.17, 15) is 4.21 Å². The van der Waals surface area contributed by atoms with Crippen LogP contribution in [0, 0.1) is 6.92 Å². The maximum atomic E-state index is 11.5. The van der Waals surface area contributed by atoms with Gasteiger partial charge in [-0.1, -0.05) is 0 Å². The predicted molar refractivity (Wildman–Crippen MR) is 78.4 cm³/mol. The Kier molecular flexibility index (Phi) is 3.43. The third-order valence-electron chi connectivity index (χ3n) is 3.79. The quantitative estimate of drug-likeness (QED) is 0.903. The van der Waals surface area contributed by atoms with Crippen LogP contribution >= 0.6 is 0 Å². The smallest absolute Gasteiger partial charge is 0.137 e. The number of hydrogen-bond donors (Lipinski definition) is 1. The van der Waals surface area contributed by atoms with Crippen molar-refractivity contribution < 1.29 is 4.21 Å². The SMILES string of the molecule is CNc1nc(C2CC2)nc(N2CCS(=O)CC2)c1C. The first-order valence-electron chi connectivity index (χ1n) is 6.85. The topological polar surface area (TPSA) is 58.1 Å². The van der Waals surface area contributed by atoms with Gasteiger partial charge in [-0.05, 0) is 19.8 Å². The van der Waals surface area contributed by atoms with Crippen LogP contribution in [0.4, 0.5) is 11.6 Å². The zero-order valence-corrected chi connectivity index (χ0v) is 12.3. The summed E-state index contributed by atoms with van der Waals surface area (Å²) in [6.45, 7) is 3.72. The van der Waals surface area contributed by atoms with Gasteiger partial charge in [0.25, 0.3) is 0 Å². The summed E-state index contributed by atoms with van der Waals surface area (Å²) in [6, 6.07) is 0. The molecule has 1 aliphatic carbocycles. The molecule has 6 heteroatoms. The second kappa shape index (κ2) is 5.07. The highest BCUT2D eigenvalue weighted by molar-refractivity contribution is 7.85. The van der Waals surface area contributed by atoms with Crippen LogP contribution in [0.25, 0.3) is 0 Å². The maximum Gasteiger partial charge on any atom is 0.137 e. The Hall–Kier alpha value is -1.17. The molecule has 0 atom stereocenters. The fourth-order valence-electron chi connectivity index (χ4n) is 2.45. The summed E-state index contributed by atoms with van der Waals surface area (Å²) >= 11 is 0. The molecule has 1 saturated carbocycles. The van der Waals surface area contributed by atoms with Gasteiger partial charge >= 0.3 is 0 Å². The molecule has 19 heavy (non-hydrogen) atoms. The molecule has 2 heterocycles. The monoisotopic (exact) mass is 280 g/mol. The molecule has 5 nitrogen and oxygen atoms in total. The molecular formula is C13H20N4OS. The van der Waals surface area contributed by atoms with Crippen LogP contribution in [0.3, 0.4) is 0 Å². The van der Waals surface area contributed by atoms with Crippen LogP contribution in [-0.2, 0) is 10.8 Å². The molecule has 2 aliphatic rings. The summed E-state index contributed by atoms with van der Waals surface area (Å²) in [4.78, 5) is 11.6. The van der Waals surface area contributed by atoms with E-state index in [0.29, 0.717) is 5.92 Å². The molecule has 104 valence electrons. The Morgan fingerprint density at radius 2 is 1.95 bits per heavy atom. The first-order valence-corrected chi connectivity index (χ1v) is 8.34. The van der Waals surface area contributed by atoms with Crippen molar-refractivity contribution in [3.8, 4) is 0 Å². The molecule has 1 saturated heterocycles. The summed E-state index contributed by atoms with van der Waals surface area (Å²) in [5.74, 6) is 4.97. The molecule has 1 aromatic rings. The third kappa shape index (κ3) is 2.59. The van der Waals surface area contributed by atoms with Gasteiger partial charge in [0, 0.05) is 53.9 Å². The van der Waals surface area contributed by atoms with E-state index in [1.54, 1.807) is 0 Å². The maximum absolute atomic E-state index is 11.5. The fraction of sp³-hybridized carbons (Fsp3) is 0.692. The predicted octanol–water partition coefficient (Wildman–Crippen LogP) is 1.27. The minimum absolute atomic E-state index is 0.547. The van der Waals surface area contributed by atoms with Gasteiger partial charge in [-0.2, -0.15) is 0 Å². The summed E-state index contributed by atoms with van der Waals surface area (Å²) in [6.07, 6.45) is 2.41. The molecule has 1 aliphatic heterocycles. The summed E-state index contributed by atoms with van der Waals surface area (Å²) < 4.78 is 11.5. The molecule has 0 amide bonds. The number of anilines is 2. The molecule has 0 aromatic carbocycles. The highest BCUT2D eigenvalue weighted by Gasteiger charge is 2.29. The van der Waals surface area contributed by atoms with Crippen LogP contribution < -0.4 is 10.2 Å². The van der Waals surface area contributed by atoms with Crippen molar-refractivity contribution in [1.29, 1.82) is 0 Å². The van der Waals surface area contributed by atoms with Crippen molar-refractivity contribution in [1.82, 2.24) is 9.97 Å². The molecule has 2 fully saturated rings. The third-order valence-corrected chi connectivity index (χ3v) is 5.07. The second-order valence-corrected chi connectivity index (χ2v) is 6.93. The van der Waals surface area contributed by atoms with E-state index in [4.69, 9.17) is 4.98 Å². The Labute approximate surface area is 116 Å². The average Bonchev–Trinajstić information content (AvgIpc) is 3.25. The van der Waals surface area contributed by atoms with Gasteiger partial charge in [-0.15, -0.1) is 0 Å². The van der Waals surface area contributed by atoms with Gasteiger partial charge in [0.15, 0.2) is 0 Å². The minimum atomic E-state index is -0.651. The van der Waals surface area contributed by atoms with E-state index >= 15 is 0 Å². The van der Waals surface area contributed by atoms with Crippen LogP contribution in [0.15, 0.2) is 0 Å². The summed E-state index contributed by atoms with van der Waals surface area (Å²) in [5, 5.41) is 3.17. The van der Waals surface area contributed by atoms with Crippen molar-refractivity contribution in [3.05, 3.63) is 11.4 Å². The Morgan fingerprint density at radius 3 is 2.53 bits per heavy atom. The van der Waals surface area contributed by atoms with Gasteiger partial charge in [0.2, 0.25) is 0 Å². The Bertz CT molecular complexity index is 506. The minimum Gasteiger partial charge on any atom is -0.373 e. The number of hydrogen-bond acceptors (Lipinski definition) is 5. The molecular weight excluding hydrogens is 260 g/mol. The van der Waals surface area contributed by atoms with E-state index in [1.165, 1.54) is 12.8 Å². The number of aromatic nitrogens is 2. The number of rotatable bonds is 3. The van der Waals surface area contributed by atoms with Gasteiger partial charge in [-0.25, -0.2) is 9.97 Å². The lowest BCUT2D eigenvalue weighted by atomic mass is 10.2. The van der Waals surface area contributed by atoms with Crippen LogP contribution in [-0.4, -0.2) is 45.8 Å². The highest BCUT2D eigenvalue weighted by atomic mass is 32.2. The summed E-state index contributed by atoms with van der Waals surface area (Å²) in [7, 11) is 1.25. The zero-order valence-electron chi connectivity index (χ0n) is 11.5. The lowest BCUT2D eigenvalue weighted by Crippen LogP contribution is -2.39. The van der Waals surface area contributed by atoms with Gasteiger partial charge < -0.3 is 10.2 Å². The van der Waals surface area contributed by atoms with Crippen molar-refractivity contribution in [2.45, 2.75) is 25.7 Å². The van der Waals surface area contributed by atoms with Gasteiger partial charge in [-0.3, -0.25) is 4.21 Å². The van der Waals surface area contributed by atoms with Crippen molar-refractivity contribution >= 4 is 22.4 Å². The van der Waals surface area contributed by atoms with Crippen LogP contribution in [0.1, 0.15) is 30.1 Å². The molecule has 0 bridgehead atoms. The van der Waals surface area contributed by atoms with Crippen molar-refractivity contribution in [2.24, 2.45) is 0 Å². The fourth-order valence-corrected chi connectivity index (χ4v) is 3.50. The Morgan fingerprint density at radius 1 is 1.26 bits per heavy atom. The highest BCUT2D eigenvalue weighted by Crippen LogP contribution is 2.40. The Balaban J connectivity index is 1.94. The average molecular weight is 280 g/mol. The van der Waals surface area contributed by atoms with E-state index in [1.807, 2.05) is 7.05 Å². The summed E-state index contributed by atoms with van der Waals surface area (Å²) in [5.41, 5.74) is 1.10. The normalized spacial score (nSPS) is 20.6. The van der Waals surface area contributed by atoms with Gasteiger partial charge in [0.05, 0.1) is 0 Å². The largest absolute Gasteiger partial charge is 0.373 e. The molecule has 1 aromatic heterocycles. The van der Waals surface area contributed by atoms with Crippen LogP contribution in [0.2, 0.25) is 0 Å². The van der Waals surface area contributed by atoms with Crippen LogP contribution in [0.5, 0.6) is 0 Å². The lowest BCUT2D eigenvalue weighted by molar-refractivity contribution is 0.671. The molecule has 3 rings (SSSR count). The molecule has 0 unspecified atom stereocenters. The molecule has 0 spiro atoms. The van der Waals surface area contributed by atoms with E-state index in [0.717, 1.165) is 47.6 Å².